The van der Waals surface area contributed by atoms with Gasteiger partial charge in [0.05, 0.1) is 6.61 Å². The summed E-state index contributed by atoms with van der Waals surface area (Å²) in [4.78, 5) is 2.55. The molecule has 136 valence electrons. The highest BCUT2D eigenvalue weighted by molar-refractivity contribution is 7.17. The Labute approximate surface area is 158 Å². The largest absolute Gasteiger partial charge is 0.494 e. The maximum absolute atomic E-state index is 13.1. The first-order valence-electron chi connectivity index (χ1n) is 9.42. The lowest BCUT2D eigenvalue weighted by molar-refractivity contribution is 0.280. The molecule has 0 aliphatic carbocycles. The van der Waals surface area contributed by atoms with Gasteiger partial charge < -0.3 is 9.64 Å². The lowest BCUT2D eigenvalue weighted by Crippen LogP contribution is -2.20. The summed E-state index contributed by atoms with van der Waals surface area (Å²) < 4.78 is 20.3. The fourth-order valence-corrected chi connectivity index (χ4v) is 4.58. The number of thiophene rings is 1. The maximum Gasteiger partial charge on any atom is 0.123 e. The van der Waals surface area contributed by atoms with E-state index >= 15 is 0 Å². The van der Waals surface area contributed by atoms with Crippen molar-refractivity contribution in [3.8, 4) is 16.9 Å². The van der Waals surface area contributed by atoms with Crippen LogP contribution in [0.4, 0.5) is 4.39 Å². The number of unbranched alkanes of at least 4 members (excludes halogenated alkanes) is 1. The molecule has 1 fully saturated rings. The van der Waals surface area contributed by atoms with Gasteiger partial charge in [-0.1, -0.05) is 12.1 Å². The summed E-state index contributed by atoms with van der Waals surface area (Å²) in [6, 6.07) is 13.0. The van der Waals surface area contributed by atoms with E-state index in [0.717, 1.165) is 29.9 Å². The topological polar surface area (TPSA) is 12.5 Å². The van der Waals surface area contributed by atoms with Gasteiger partial charge in [-0.15, -0.1) is 11.3 Å². The van der Waals surface area contributed by atoms with Gasteiger partial charge in [0, 0.05) is 15.6 Å². The van der Waals surface area contributed by atoms with E-state index in [1.807, 2.05) is 18.2 Å². The van der Waals surface area contributed by atoms with Crippen molar-refractivity contribution >= 4 is 21.4 Å². The second kappa shape index (κ2) is 8.19. The summed E-state index contributed by atoms with van der Waals surface area (Å²) in [5.41, 5.74) is 2.20. The van der Waals surface area contributed by atoms with E-state index in [1.54, 1.807) is 11.3 Å². The van der Waals surface area contributed by atoms with Crippen LogP contribution in [0.25, 0.3) is 21.2 Å². The summed E-state index contributed by atoms with van der Waals surface area (Å²) >= 11 is 1.71. The molecule has 0 bridgehead atoms. The SMILES string of the molecule is Fc1ccc(-c2csc3cc(OCCCCN4CCCC4)ccc23)cc1. The zero-order valence-corrected chi connectivity index (χ0v) is 15.7. The van der Waals surface area contributed by atoms with E-state index < -0.39 is 0 Å². The molecule has 1 aliphatic heterocycles. The minimum atomic E-state index is -0.200. The zero-order chi connectivity index (χ0) is 17.8. The Balaban J connectivity index is 1.35. The van der Waals surface area contributed by atoms with Gasteiger partial charge in [-0.2, -0.15) is 0 Å². The number of rotatable bonds is 7. The number of fused-ring (bicyclic) bond motifs is 1. The fourth-order valence-electron chi connectivity index (χ4n) is 3.59. The number of nitrogens with zero attached hydrogens (tertiary/aromatic N) is 1. The Kier molecular flexibility index (Phi) is 5.51. The molecule has 2 aromatic carbocycles. The normalized spacial score (nSPS) is 15.0. The minimum Gasteiger partial charge on any atom is -0.494 e. The van der Waals surface area contributed by atoms with Gasteiger partial charge in [-0.05, 0) is 86.6 Å². The third-order valence-corrected chi connectivity index (χ3v) is 5.98. The van der Waals surface area contributed by atoms with Crippen molar-refractivity contribution in [3.63, 3.8) is 0 Å². The summed E-state index contributed by atoms with van der Waals surface area (Å²) in [6.07, 6.45) is 5.02. The quantitative estimate of drug-likeness (QED) is 0.476. The van der Waals surface area contributed by atoms with Crippen molar-refractivity contribution in [2.45, 2.75) is 25.7 Å². The van der Waals surface area contributed by atoms with Crippen LogP contribution in [0.15, 0.2) is 47.8 Å². The van der Waals surface area contributed by atoms with Crippen LogP contribution in [-0.4, -0.2) is 31.1 Å². The number of hydrogen-bond donors (Lipinski definition) is 0. The van der Waals surface area contributed by atoms with Crippen LogP contribution in [-0.2, 0) is 0 Å². The summed E-state index contributed by atoms with van der Waals surface area (Å²) in [7, 11) is 0. The molecule has 4 rings (SSSR count). The number of benzene rings is 2. The molecular formula is C22H24FNOS. The van der Waals surface area contributed by atoms with Crippen LogP contribution in [0.2, 0.25) is 0 Å². The highest BCUT2D eigenvalue weighted by atomic mass is 32.1. The monoisotopic (exact) mass is 369 g/mol. The Bertz CT molecular complexity index is 852. The molecule has 4 heteroatoms. The van der Waals surface area contributed by atoms with Crippen LogP contribution < -0.4 is 4.74 Å². The lowest BCUT2D eigenvalue weighted by atomic mass is 10.0. The smallest absolute Gasteiger partial charge is 0.123 e. The molecule has 3 aromatic rings. The third kappa shape index (κ3) is 4.08. The predicted octanol–water partition coefficient (Wildman–Crippen LogP) is 5.96. The third-order valence-electron chi connectivity index (χ3n) is 5.04. The molecule has 2 heterocycles. The minimum absolute atomic E-state index is 0.200. The Morgan fingerprint density at radius 1 is 1.00 bits per heavy atom. The van der Waals surface area contributed by atoms with Crippen LogP contribution in [0.1, 0.15) is 25.7 Å². The Morgan fingerprint density at radius 2 is 1.81 bits per heavy atom. The van der Waals surface area contributed by atoms with Crippen molar-refractivity contribution in [3.05, 3.63) is 53.7 Å². The van der Waals surface area contributed by atoms with E-state index in [-0.39, 0.29) is 5.82 Å². The molecule has 0 unspecified atom stereocenters. The van der Waals surface area contributed by atoms with Crippen molar-refractivity contribution in [1.82, 2.24) is 4.90 Å². The summed E-state index contributed by atoms with van der Waals surface area (Å²) in [6.45, 7) is 4.52. The molecule has 0 radical (unpaired) electrons. The number of likely N-dealkylation sites (tertiary alicyclic amines) is 1. The average molecular weight is 370 g/mol. The van der Waals surface area contributed by atoms with Crippen LogP contribution in [0.5, 0.6) is 5.75 Å². The molecule has 0 saturated carbocycles. The van der Waals surface area contributed by atoms with E-state index in [0.29, 0.717) is 0 Å². The highest BCUT2D eigenvalue weighted by Gasteiger charge is 2.10. The lowest BCUT2D eigenvalue weighted by Gasteiger charge is -2.14. The molecule has 26 heavy (non-hydrogen) atoms. The highest BCUT2D eigenvalue weighted by Crippen LogP contribution is 2.36. The van der Waals surface area contributed by atoms with Crippen molar-refractivity contribution in [2.75, 3.05) is 26.2 Å². The molecule has 1 aliphatic rings. The zero-order valence-electron chi connectivity index (χ0n) is 14.9. The molecule has 0 N–H and O–H groups in total. The number of ether oxygens (including phenoxy) is 1. The Morgan fingerprint density at radius 3 is 2.62 bits per heavy atom. The molecule has 0 amide bonds. The van der Waals surface area contributed by atoms with Crippen LogP contribution >= 0.6 is 11.3 Å². The summed E-state index contributed by atoms with van der Waals surface area (Å²) in [5.74, 6) is 0.736. The molecule has 1 aromatic heterocycles. The van der Waals surface area contributed by atoms with Crippen molar-refractivity contribution in [2.24, 2.45) is 0 Å². The maximum atomic E-state index is 13.1. The predicted molar refractivity (Wildman–Crippen MR) is 108 cm³/mol. The van der Waals surface area contributed by atoms with E-state index in [2.05, 4.69) is 22.4 Å². The molecule has 2 nitrogen and oxygen atoms in total. The second-order valence-electron chi connectivity index (χ2n) is 6.92. The number of halogens is 1. The van der Waals surface area contributed by atoms with Crippen molar-refractivity contribution in [1.29, 1.82) is 0 Å². The van der Waals surface area contributed by atoms with Crippen LogP contribution in [0, 0.1) is 5.82 Å². The second-order valence-corrected chi connectivity index (χ2v) is 7.83. The fraction of sp³-hybridized carbons (Fsp3) is 0.364. The first-order chi connectivity index (χ1) is 12.8. The first-order valence-corrected chi connectivity index (χ1v) is 10.3. The van der Waals surface area contributed by atoms with Gasteiger partial charge in [0.2, 0.25) is 0 Å². The summed E-state index contributed by atoms with van der Waals surface area (Å²) in [5, 5.41) is 3.33. The van der Waals surface area contributed by atoms with E-state index in [4.69, 9.17) is 4.74 Å². The average Bonchev–Trinajstić information content (AvgIpc) is 3.31. The molecule has 0 atom stereocenters. The van der Waals surface area contributed by atoms with E-state index in [1.165, 1.54) is 61.1 Å². The number of hydrogen-bond acceptors (Lipinski definition) is 3. The molecular weight excluding hydrogens is 345 g/mol. The van der Waals surface area contributed by atoms with Gasteiger partial charge in [0.25, 0.3) is 0 Å². The Hall–Kier alpha value is -1.91. The van der Waals surface area contributed by atoms with Gasteiger partial charge in [0.1, 0.15) is 11.6 Å². The van der Waals surface area contributed by atoms with Crippen molar-refractivity contribution < 1.29 is 9.13 Å². The molecule has 1 saturated heterocycles. The van der Waals surface area contributed by atoms with Gasteiger partial charge in [-0.3, -0.25) is 0 Å². The van der Waals surface area contributed by atoms with Gasteiger partial charge in [-0.25, -0.2) is 4.39 Å². The molecule has 0 spiro atoms. The van der Waals surface area contributed by atoms with Gasteiger partial charge >= 0.3 is 0 Å². The van der Waals surface area contributed by atoms with E-state index in [9.17, 15) is 4.39 Å². The van der Waals surface area contributed by atoms with Crippen LogP contribution in [0.3, 0.4) is 0 Å². The van der Waals surface area contributed by atoms with Gasteiger partial charge in [0.15, 0.2) is 0 Å². The first kappa shape index (κ1) is 17.5. The standard InChI is InChI=1S/C22H24FNOS/c23-18-7-5-17(6-8-18)21-16-26-22-15-19(9-10-20(21)22)25-14-4-3-13-24-11-1-2-12-24/h5-10,15-16H,1-4,11-14H2.